The standard InChI is InChI=1S/C15H23N3O2/c1-18(9-10-7-16-15(20-2)17-8-10)13-3-11-5-14(19)6-12(11)4-13/h7-8,11-14,19H,3-6,9H2,1-2H3/t11-,12+,13?,14?. The van der Waals surface area contributed by atoms with Gasteiger partial charge in [0, 0.05) is 30.5 Å². The van der Waals surface area contributed by atoms with E-state index < -0.39 is 0 Å². The summed E-state index contributed by atoms with van der Waals surface area (Å²) in [6.45, 7) is 0.872. The molecule has 0 aliphatic heterocycles. The molecule has 0 saturated heterocycles. The molecule has 5 heteroatoms. The van der Waals surface area contributed by atoms with Crippen LogP contribution in [0.1, 0.15) is 31.2 Å². The average molecular weight is 277 g/mol. The molecule has 0 aromatic carbocycles. The Balaban J connectivity index is 1.56. The molecule has 0 spiro atoms. The zero-order valence-corrected chi connectivity index (χ0v) is 12.2. The smallest absolute Gasteiger partial charge is 0.316 e. The van der Waals surface area contributed by atoms with E-state index in [2.05, 4.69) is 21.9 Å². The van der Waals surface area contributed by atoms with Gasteiger partial charge in [-0.1, -0.05) is 0 Å². The lowest BCUT2D eigenvalue weighted by Crippen LogP contribution is -2.30. The molecule has 1 N–H and O–H groups in total. The second kappa shape index (κ2) is 5.66. The van der Waals surface area contributed by atoms with E-state index in [1.165, 1.54) is 12.8 Å². The number of nitrogens with zero attached hydrogens (tertiary/aromatic N) is 3. The topological polar surface area (TPSA) is 58.5 Å². The van der Waals surface area contributed by atoms with Gasteiger partial charge in [-0.15, -0.1) is 0 Å². The van der Waals surface area contributed by atoms with Gasteiger partial charge in [-0.2, -0.15) is 0 Å². The van der Waals surface area contributed by atoms with Crippen LogP contribution in [0.25, 0.3) is 0 Å². The Labute approximate surface area is 120 Å². The Morgan fingerprint density at radius 3 is 2.35 bits per heavy atom. The number of hydrogen-bond donors (Lipinski definition) is 1. The van der Waals surface area contributed by atoms with E-state index in [-0.39, 0.29) is 6.10 Å². The number of aliphatic hydroxyl groups excluding tert-OH is 1. The van der Waals surface area contributed by atoms with Gasteiger partial charge in [-0.05, 0) is 44.6 Å². The third-order valence-corrected chi connectivity index (χ3v) is 4.89. The van der Waals surface area contributed by atoms with Gasteiger partial charge in [-0.25, -0.2) is 9.97 Å². The third kappa shape index (κ3) is 2.79. The highest BCUT2D eigenvalue weighted by atomic mass is 16.5. The van der Waals surface area contributed by atoms with Gasteiger partial charge in [0.05, 0.1) is 13.2 Å². The van der Waals surface area contributed by atoms with Gasteiger partial charge in [0.15, 0.2) is 0 Å². The van der Waals surface area contributed by atoms with Crippen molar-refractivity contribution in [1.29, 1.82) is 0 Å². The van der Waals surface area contributed by atoms with Crippen molar-refractivity contribution in [2.45, 2.75) is 44.4 Å². The number of methoxy groups -OCH3 is 1. The van der Waals surface area contributed by atoms with Crippen LogP contribution in [0.2, 0.25) is 0 Å². The second-order valence-corrected chi connectivity index (χ2v) is 6.26. The third-order valence-electron chi connectivity index (χ3n) is 4.89. The molecule has 3 rings (SSSR count). The van der Waals surface area contributed by atoms with Crippen LogP contribution in [0.5, 0.6) is 6.01 Å². The summed E-state index contributed by atoms with van der Waals surface area (Å²) in [6.07, 6.45) is 8.06. The normalized spacial score (nSPS) is 32.6. The highest BCUT2D eigenvalue weighted by Crippen LogP contribution is 2.45. The second-order valence-electron chi connectivity index (χ2n) is 6.26. The molecule has 1 heterocycles. The van der Waals surface area contributed by atoms with E-state index in [9.17, 15) is 5.11 Å². The van der Waals surface area contributed by atoms with Crippen molar-refractivity contribution in [1.82, 2.24) is 14.9 Å². The van der Waals surface area contributed by atoms with Crippen LogP contribution in [0.3, 0.4) is 0 Å². The molecule has 1 aromatic rings. The summed E-state index contributed by atoms with van der Waals surface area (Å²) in [5.74, 6) is 1.45. The molecule has 1 aromatic heterocycles. The first-order chi connectivity index (χ1) is 9.65. The van der Waals surface area contributed by atoms with E-state index in [1.54, 1.807) is 7.11 Å². The van der Waals surface area contributed by atoms with Crippen molar-refractivity contribution in [2.24, 2.45) is 11.8 Å². The Morgan fingerprint density at radius 1 is 1.20 bits per heavy atom. The minimum atomic E-state index is -0.0498. The SMILES string of the molecule is COc1ncc(CN(C)C2C[C@H]3CC(O)C[C@H]3C2)cn1. The van der Waals surface area contributed by atoms with E-state index in [0.29, 0.717) is 12.1 Å². The molecule has 2 saturated carbocycles. The maximum atomic E-state index is 9.70. The number of fused-ring (bicyclic) bond motifs is 1. The van der Waals surface area contributed by atoms with Crippen LogP contribution in [-0.4, -0.2) is 46.3 Å². The molecule has 0 radical (unpaired) electrons. The Morgan fingerprint density at radius 2 is 1.80 bits per heavy atom. The number of ether oxygens (including phenoxy) is 1. The first-order valence-corrected chi connectivity index (χ1v) is 7.39. The van der Waals surface area contributed by atoms with Crippen molar-refractivity contribution in [3.63, 3.8) is 0 Å². The van der Waals surface area contributed by atoms with Gasteiger partial charge in [0.25, 0.3) is 0 Å². The number of hydrogen-bond acceptors (Lipinski definition) is 5. The van der Waals surface area contributed by atoms with E-state index >= 15 is 0 Å². The summed E-state index contributed by atoms with van der Waals surface area (Å²) in [6, 6.07) is 1.04. The summed E-state index contributed by atoms with van der Waals surface area (Å²) in [4.78, 5) is 10.7. The van der Waals surface area contributed by atoms with Crippen LogP contribution in [0, 0.1) is 11.8 Å². The molecule has 2 aliphatic rings. The molecular formula is C15H23N3O2. The van der Waals surface area contributed by atoms with Crippen molar-refractivity contribution in [3.8, 4) is 6.01 Å². The fraction of sp³-hybridized carbons (Fsp3) is 0.733. The van der Waals surface area contributed by atoms with Gasteiger partial charge >= 0.3 is 6.01 Å². The Bertz CT molecular complexity index is 437. The van der Waals surface area contributed by atoms with Crippen molar-refractivity contribution < 1.29 is 9.84 Å². The van der Waals surface area contributed by atoms with E-state index in [4.69, 9.17) is 4.74 Å². The van der Waals surface area contributed by atoms with Crippen molar-refractivity contribution in [2.75, 3.05) is 14.2 Å². The number of rotatable bonds is 4. The number of aromatic nitrogens is 2. The van der Waals surface area contributed by atoms with Gasteiger partial charge in [0.1, 0.15) is 0 Å². The molecule has 5 nitrogen and oxygen atoms in total. The van der Waals surface area contributed by atoms with Crippen molar-refractivity contribution >= 4 is 0 Å². The van der Waals surface area contributed by atoms with E-state index in [0.717, 1.165) is 36.8 Å². The highest BCUT2D eigenvalue weighted by molar-refractivity contribution is 5.08. The minimum Gasteiger partial charge on any atom is -0.467 e. The maximum absolute atomic E-state index is 9.70. The van der Waals surface area contributed by atoms with Crippen LogP contribution >= 0.6 is 0 Å². The summed E-state index contributed by atoms with van der Waals surface area (Å²) >= 11 is 0. The predicted molar refractivity (Wildman–Crippen MR) is 75.3 cm³/mol. The Kier molecular flexibility index (Phi) is 3.89. The molecule has 2 fully saturated rings. The largest absolute Gasteiger partial charge is 0.467 e. The van der Waals surface area contributed by atoms with Crippen molar-refractivity contribution in [3.05, 3.63) is 18.0 Å². The molecule has 4 atom stereocenters. The summed E-state index contributed by atoms with van der Waals surface area (Å²) < 4.78 is 4.97. The monoisotopic (exact) mass is 277 g/mol. The van der Waals surface area contributed by atoms with Crippen LogP contribution in [-0.2, 0) is 6.54 Å². The zero-order chi connectivity index (χ0) is 14.1. The molecular weight excluding hydrogens is 254 g/mol. The molecule has 0 amide bonds. The summed E-state index contributed by atoms with van der Waals surface area (Å²) in [5, 5.41) is 9.70. The van der Waals surface area contributed by atoms with Crippen LogP contribution in [0.4, 0.5) is 0 Å². The van der Waals surface area contributed by atoms with Crippen LogP contribution < -0.4 is 4.74 Å². The molecule has 110 valence electrons. The first kappa shape index (κ1) is 13.8. The minimum absolute atomic E-state index is 0.0498. The molecule has 0 bridgehead atoms. The fourth-order valence-corrected chi connectivity index (χ4v) is 3.86. The van der Waals surface area contributed by atoms with Gasteiger partial charge < -0.3 is 9.84 Å². The fourth-order valence-electron chi connectivity index (χ4n) is 3.86. The number of aliphatic hydroxyl groups is 1. The average Bonchev–Trinajstić information content (AvgIpc) is 2.96. The Hall–Kier alpha value is -1.20. The quantitative estimate of drug-likeness (QED) is 0.903. The summed E-state index contributed by atoms with van der Waals surface area (Å²) in [5.41, 5.74) is 1.12. The van der Waals surface area contributed by atoms with E-state index in [1.807, 2.05) is 12.4 Å². The molecule has 2 unspecified atom stereocenters. The van der Waals surface area contributed by atoms with Crippen LogP contribution in [0.15, 0.2) is 12.4 Å². The lowest BCUT2D eigenvalue weighted by molar-refractivity contribution is 0.158. The maximum Gasteiger partial charge on any atom is 0.316 e. The molecule has 2 aliphatic carbocycles. The lowest BCUT2D eigenvalue weighted by Gasteiger charge is -2.25. The van der Waals surface area contributed by atoms with Gasteiger partial charge in [-0.3, -0.25) is 4.90 Å². The van der Waals surface area contributed by atoms with Gasteiger partial charge in [0.2, 0.25) is 0 Å². The molecule has 20 heavy (non-hydrogen) atoms. The highest BCUT2D eigenvalue weighted by Gasteiger charge is 2.42. The lowest BCUT2D eigenvalue weighted by atomic mass is 10.0. The predicted octanol–water partition coefficient (Wildman–Crippen LogP) is 1.47. The first-order valence-electron chi connectivity index (χ1n) is 7.39. The zero-order valence-electron chi connectivity index (χ0n) is 12.2. The summed E-state index contributed by atoms with van der Waals surface area (Å²) in [7, 11) is 3.75.